The zero-order valence-electron chi connectivity index (χ0n) is 14.2. The molecule has 0 radical (unpaired) electrons. The van der Waals surface area contributed by atoms with Crippen molar-refractivity contribution in [1.82, 2.24) is 10.6 Å². The normalized spacial score (nSPS) is 11.9. The number of fused-ring (bicyclic) bond motifs is 1. The fourth-order valence-electron chi connectivity index (χ4n) is 2.57. The first-order chi connectivity index (χ1) is 12.0. The fraction of sp³-hybridized carbons (Fsp3) is 0.200. The van der Waals surface area contributed by atoms with Crippen LogP contribution in [0.3, 0.4) is 0 Å². The number of rotatable bonds is 5. The molecule has 0 aliphatic rings. The van der Waals surface area contributed by atoms with Crippen LogP contribution in [0.15, 0.2) is 59.0 Å². The molecule has 0 aliphatic carbocycles. The molecule has 2 N–H and O–H groups in total. The van der Waals surface area contributed by atoms with Crippen molar-refractivity contribution in [2.45, 2.75) is 26.4 Å². The van der Waals surface area contributed by atoms with Crippen LogP contribution < -0.4 is 10.6 Å². The first-order valence-electron chi connectivity index (χ1n) is 8.15. The van der Waals surface area contributed by atoms with Crippen molar-refractivity contribution in [3.05, 3.63) is 71.5 Å². The smallest absolute Gasteiger partial charge is 0.251 e. The van der Waals surface area contributed by atoms with Crippen LogP contribution in [-0.2, 0) is 11.3 Å². The van der Waals surface area contributed by atoms with Crippen LogP contribution in [0.2, 0.25) is 0 Å². The van der Waals surface area contributed by atoms with Gasteiger partial charge in [0, 0.05) is 24.4 Å². The lowest BCUT2D eigenvalue weighted by atomic mass is 10.1. The van der Waals surface area contributed by atoms with Crippen molar-refractivity contribution in [1.29, 1.82) is 0 Å². The van der Waals surface area contributed by atoms with Gasteiger partial charge >= 0.3 is 0 Å². The molecule has 0 saturated heterocycles. The molecule has 128 valence electrons. The molecule has 3 rings (SSSR count). The average Bonchev–Trinajstić information content (AvgIpc) is 3.04. The van der Waals surface area contributed by atoms with E-state index in [9.17, 15) is 9.59 Å². The Hall–Kier alpha value is -3.08. The van der Waals surface area contributed by atoms with Crippen molar-refractivity contribution in [3.63, 3.8) is 0 Å². The molecule has 3 aromatic rings. The maximum atomic E-state index is 12.4. The SMILES string of the molecule is CC(=O)NCc1ccc(C(=O)N[C@H](C)c2cc3ccccc3o2)cc1. The largest absolute Gasteiger partial charge is 0.459 e. The Morgan fingerprint density at radius 3 is 2.48 bits per heavy atom. The quantitative estimate of drug-likeness (QED) is 0.748. The Morgan fingerprint density at radius 2 is 1.80 bits per heavy atom. The van der Waals surface area contributed by atoms with E-state index in [1.807, 2.05) is 49.4 Å². The lowest BCUT2D eigenvalue weighted by molar-refractivity contribution is -0.119. The van der Waals surface area contributed by atoms with Gasteiger partial charge in [-0.1, -0.05) is 30.3 Å². The molecule has 0 saturated carbocycles. The molecule has 2 aromatic carbocycles. The van der Waals surface area contributed by atoms with Crippen molar-refractivity contribution in [2.75, 3.05) is 0 Å². The molecule has 0 fully saturated rings. The Kier molecular flexibility index (Phi) is 4.84. The highest BCUT2D eigenvalue weighted by Crippen LogP contribution is 2.23. The lowest BCUT2D eigenvalue weighted by Gasteiger charge is -2.12. The summed E-state index contributed by atoms with van der Waals surface area (Å²) in [5, 5.41) is 6.68. The van der Waals surface area contributed by atoms with E-state index in [1.165, 1.54) is 6.92 Å². The molecular weight excluding hydrogens is 316 g/mol. The summed E-state index contributed by atoms with van der Waals surface area (Å²) >= 11 is 0. The van der Waals surface area contributed by atoms with E-state index in [0.29, 0.717) is 12.1 Å². The number of furan rings is 1. The summed E-state index contributed by atoms with van der Waals surface area (Å²) in [6, 6.07) is 16.6. The van der Waals surface area contributed by atoms with E-state index in [0.717, 1.165) is 22.3 Å². The predicted octanol–water partition coefficient (Wildman–Crippen LogP) is 3.56. The van der Waals surface area contributed by atoms with Gasteiger partial charge in [-0.05, 0) is 36.8 Å². The second-order valence-corrected chi connectivity index (χ2v) is 5.99. The maximum absolute atomic E-state index is 12.4. The number of nitrogens with one attached hydrogen (secondary N) is 2. The van der Waals surface area contributed by atoms with Crippen LogP contribution in [0, 0.1) is 0 Å². The monoisotopic (exact) mass is 336 g/mol. The second kappa shape index (κ2) is 7.21. The van der Waals surface area contributed by atoms with Crippen LogP contribution in [0.5, 0.6) is 0 Å². The van der Waals surface area contributed by atoms with E-state index < -0.39 is 0 Å². The van der Waals surface area contributed by atoms with Crippen LogP contribution in [0.4, 0.5) is 0 Å². The Balaban J connectivity index is 1.65. The van der Waals surface area contributed by atoms with Gasteiger partial charge in [-0.15, -0.1) is 0 Å². The van der Waals surface area contributed by atoms with Crippen molar-refractivity contribution in [2.24, 2.45) is 0 Å². The standard InChI is InChI=1S/C20H20N2O3/c1-13(19-11-17-5-3-4-6-18(17)25-19)22-20(24)16-9-7-15(8-10-16)12-21-14(2)23/h3-11,13H,12H2,1-2H3,(H,21,23)(H,22,24)/t13-/m1/s1. The van der Waals surface area contributed by atoms with Gasteiger partial charge in [-0.25, -0.2) is 0 Å². The average molecular weight is 336 g/mol. The Bertz CT molecular complexity index is 864. The molecule has 5 nitrogen and oxygen atoms in total. The number of benzene rings is 2. The molecular formula is C20H20N2O3. The minimum absolute atomic E-state index is 0.0820. The first-order valence-corrected chi connectivity index (χ1v) is 8.15. The zero-order chi connectivity index (χ0) is 17.8. The number of hydrogen-bond donors (Lipinski definition) is 2. The maximum Gasteiger partial charge on any atom is 0.251 e. The van der Waals surface area contributed by atoms with Gasteiger partial charge in [-0.3, -0.25) is 9.59 Å². The minimum atomic E-state index is -0.237. The van der Waals surface area contributed by atoms with E-state index in [1.54, 1.807) is 12.1 Å². The highest BCUT2D eigenvalue weighted by atomic mass is 16.3. The summed E-state index contributed by atoms with van der Waals surface area (Å²) in [6.45, 7) is 3.81. The molecule has 1 heterocycles. The van der Waals surface area contributed by atoms with Gasteiger partial charge in [0.25, 0.3) is 5.91 Å². The summed E-state index contributed by atoms with van der Waals surface area (Å²) in [7, 11) is 0. The van der Waals surface area contributed by atoms with Gasteiger partial charge < -0.3 is 15.1 Å². The fourth-order valence-corrected chi connectivity index (χ4v) is 2.57. The van der Waals surface area contributed by atoms with Gasteiger partial charge in [0.05, 0.1) is 6.04 Å². The number of amides is 2. The molecule has 2 amide bonds. The minimum Gasteiger partial charge on any atom is -0.459 e. The molecule has 5 heteroatoms. The summed E-state index contributed by atoms with van der Waals surface area (Å²) < 4.78 is 5.79. The predicted molar refractivity (Wildman–Crippen MR) is 96.1 cm³/mol. The molecule has 1 atom stereocenters. The third-order valence-electron chi connectivity index (χ3n) is 3.98. The highest BCUT2D eigenvalue weighted by Gasteiger charge is 2.15. The topological polar surface area (TPSA) is 71.3 Å². The van der Waals surface area contributed by atoms with Crippen molar-refractivity contribution >= 4 is 22.8 Å². The lowest BCUT2D eigenvalue weighted by Crippen LogP contribution is -2.26. The third kappa shape index (κ3) is 4.07. The summed E-state index contributed by atoms with van der Waals surface area (Å²) in [5.41, 5.74) is 2.31. The van der Waals surface area contributed by atoms with Gasteiger partial charge in [0.15, 0.2) is 0 Å². The molecule has 0 bridgehead atoms. The van der Waals surface area contributed by atoms with Crippen LogP contribution >= 0.6 is 0 Å². The van der Waals surface area contributed by atoms with Crippen molar-refractivity contribution in [3.8, 4) is 0 Å². The van der Waals surface area contributed by atoms with Crippen LogP contribution in [0.1, 0.15) is 41.6 Å². The first kappa shape index (κ1) is 16.8. The van der Waals surface area contributed by atoms with E-state index in [4.69, 9.17) is 4.42 Å². The second-order valence-electron chi connectivity index (χ2n) is 5.99. The van der Waals surface area contributed by atoms with Gasteiger partial charge in [-0.2, -0.15) is 0 Å². The number of para-hydroxylation sites is 1. The summed E-state index contributed by atoms with van der Waals surface area (Å²) in [5.74, 6) is 0.470. The molecule has 0 unspecified atom stereocenters. The third-order valence-corrected chi connectivity index (χ3v) is 3.98. The Morgan fingerprint density at radius 1 is 1.08 bits per heavy atom. The van der Waals surface area contributed by atoms with Crippen LogP contribution in [0.25, 0.3) is 11.0 Å². The van der Waals surface area contributed by atoms with E-state index in [-0.39, 0.29) is 17.9 Å². The molecule has 0 spiro atoms. The molecule has 0 aliphatic heterocycles. The highest BCUT2D eigenvalue weighted by molar-refractivity contribution is 5.94. The van der Waals surface area contributed by atoms with E-state index >= 15 is 0 Å². The van der Waals surface area contributed by atoms with Crippen LogP contribution in [-0.4, -0.2) is 11.8 Å². The Labute approximate surface area is 146 Å². The van der Waals surface area contributed by atoms with E-state index in [2.05, 4.69) is 10.6 Å². The molecule has 25 heavy (non-hydrogen) atoms. The number of carbonyl (C=O) groups is 2. The van der Waals surface area contributed by atoms with Gasteiger partial charge in [0.1, 0.15) is 11.3 Å². The van der Waals surface area contributed by atoms with Gasteiger partial charge in [0.2, 0.25) is 5.91 Å². The number of hydrogen-bond acceptors (Lipinski definition) is 3. The molecule has 1 aromatic heterocycles. The van der Waals surface area contributed by atoms with Crippen molar-refractivity contribution < 1.29 is 14.0 Å². The number of carbonyl (C=O) groups excluding carboxylic acids is 2. The summed E-state index contributed by atoms with van der Waals surface area (Å²) in [4.78, 5) is 23.3. The zero-order valence-corrected chi connectivity index (χ0v) is 14.2. The summed E-state index contributed by atoms with van der Waals surface area (Å²) in [6.07, 6.45) is 0.